The van der Waals surface area contributed by atoms with Gasteiger partial charge in [-0.25, -0.2) is 10.4 Å². The monoisotopic (exact) mass is 559 g/mol. The highest BCUT2D eigenvalue weighted by Gasteiger charge is 2.21. The second-order valence-electron chi connectivity index (χ2n) is 8.91. The quantitative estimate of drug-likeness (QED) is 0.151. The van der Waals surface area contributed by atoms with Crippen molar-refractivity contribution in [2.75, 3.05) is 0 Å². The van der Waals surface area contributed by atoms with E-state index in [-0.39, 0.29) is 16.1 Å². The zero-order chi connectivity index (χ0) is 27.9. The molecule has 0 radical (unpaired) electrons. The van der Waals surface area contributed by atoms with Crippen LogP contribution in [0.1, 0.15) is 28.4 Å². The Bertz CT molecular complexity index is 1630. The summed E-state index contributed by atoms with van der Waals surface area (Å²) < 4.78 is 0. The Labute approximate surface area is 241 Å². The molecule has 3 aromatic carbocycles. The molecule has 2 heterocycles. The summed E-state index contributed by atoms with van der Waals surface area (Å²) in [4.78, 5) is 4.61. The van der Waals surface area contributed by atoms with E-state index in [9.17, 15) is 0 Å². The predicted octanol–water partition coefficient (Wildman–Crippen LogP) is 5.83. The summed E-state index contributed by atoms with van der Waals surface area (Å²) in [5.74, 6) is 0. The maximum absolute atomic E-state index is 8.58. The Morgan fingerprint density at radius 2 is 1.32 bits per heavy atom. The molecule has 1 aromatic heterocycles. The van der Waals surface area contributed by atoms with Gasteiger partial charge in [-0.05, 0) is 35.5 Å². The summed E-state index contributed by atoms with van der Waals surface area (Å²) in [6.07, 6.45) is 5.96. The summed E-state index contributed by atoms with van der Waals surface area (Å²) >= 11 is 2.24. The fraction of sp³-hybridized carbons (Fsp3) is 0.0312. The molecule has 8 heteroatoms. The van der Waals surface area contributed by atoms with Gasteiger partial charge in [-0.1, -0.05) is 103 Å². The summed E-state index contributed by atoms with van der Waals surface area (Å²) in [6.45, 7) is 0. The van der Waals surface area contributed by atoms with Crippen molar-refractivity contribution in [3.63, 3.8) is 0 Å². The molecule has 1 atom stereocenters. The van der Waals surface area contributed by atoms with E-state index < -0.39 is 0 Å². The van der Waals surface area contributed by atoms with Crippen molar-refractivity contribution in [2.45, 2.75) is 6.04 Å². The van der Waals surface area contributed by atoms with E-state index in [0.29, 0.717) is 26.9 Å². The van der Waals surface area contributed by atoms with Gasteiger partial charge in [0, 0.05) is 28.5 Å². The summed E-state index contributed by atoms with van der Waals surface area (Å²) in [7, 11) is 0. The molecule has 6 nitrogen and oxygen atoms in total. The highest BCUT2D eigenvalue weighted by molar-refractivity contribution is 8.27. The molecule has 4 aromatic rings. The summed E-state index contributed by atoms with van der Waals surface area (Å²) in [5, 5.41) is 36.7. The van der Waals surface area contributed by atoms with Gasteiger partial charge in [0.15, 0.2) is 0 Å². The lowest BCUT2D eigenvalue weighted by molar-refractivity contribution is -0.108. The van der Waals surface area contributed by atoms with E-state index in [4.69, 9.17) is 21.6 Å². The van der Waals surface area contributed by atoms with Crippen molar-refractivity contribution < 1.29 is 5.41 Å². The molecule has 1 aliphatic heterocycles. The van der Waals surface area contributed by atoms with Crippen molar-refractivity contribution in [1.29, 1.82) is 16.2 Å². The lowest BCUT2D eigenvalue weighted by Gasteiger charge is -2.20. The van der Waals surface area contributed by atoms with Gasteiger partial charge in [0.1, 0.15) is 20.8 Å². The third-order valence-corrected chi connectivity index (χ3v) is 7.91. The van der Waals surface area contributed by atoms with Crippen LogP contribution in [0.3, 0.4) is 0 Å². The fourth-order valence-corrected chi connectivity index (χ4v) is 5.46. The Morgan fingerprint density at radius 1 is 0.700 bits per heavy atom. The number of nitrogens with one attached hydrogen (secondary N) is 4. The summed E-state index contributed by atoms with van der Waals surface area (Å²) in [6, 6.07) is 32.7. The van der Waals surface area contributed by atoms with Gasteiger partial charge < -0.3 is 5.32 Å². The first-order chi connectivity index (χ1) is 19.5. The van der Waals surface area contributed by atoms with Gasteiger partial charge in [-0.2, -0.15) is 0 Å². The highest BCUT2D eigenvalue weighted by atomic mass is 32.2. The number of hydrogen-bond donors (Lipinski definition) is 5. The van der Waals surface area contributed by atoms with E-state index in [2.05, 4.69) is 28.5 Å². The molecular weight excluding hydrogens is 533 g/mol. The first kappa shape index (κ1) is 27.1. The number of nitrogens with zero attached hydrogens (tertiary/aromatic N) is 1. The number of hydrogen-bond acceptors (Lipinski definition) is 7. The normalized spacial score (nSPS) is 14.1. The number of nitrogens with two attached hydrogens (primary N) is 1. The molecule has 1 aliphatic rings. The first-order valence-corrected chi connectivity index (χ1v) is 14.2. The largest absolute Gasteiger partial charge is 0.369 e. The number of thioether (sulfide) groups is 2. The average molecular weight is 560 g/mol. The Kier molecular flexibility index (Phi) is 8.49. The van der Waals surface area contributed by atoms with Gasteiger partial charge in [0.25, 0.3) is 5.04 Å². The van der Waals surface area contributed by atoms with E-state index in [1.165, 1.54) is 11.8 Å². The molecule has 0 fully saturated rings. The Balaban J connectivity index is 1.18. The van der Waals surface area contributed by atoms with Crippen LogP contribution in [-0.2, 0) is 0 Å². The molecule has 40 heavy (non-hydrogen) atoms. The Hall–Kier alpha value is -4.53. The molecule has 0 spiro atoms. The van der Waals surface area contributed by atoms with Crippen LogP contribution in [0, 0.1) is 16.2 Å². The van der Waals surface area contributed by atoms with E-state index >= 15 is 0 Å². The van der Waals surface area contributed by atoms with Gasteiger partial charge in [-0.15, -0.1) is 0 Å². The SMILES string of the molecule is N=C(SC(=N)c1cccc(-c2ccccc2)n1)c1ccc(C(=N)SC(=[NH2+])C2=CC=CC(c3ccccc3)N2)cc1. The fourth-order valence-electron chi connectivity index (χ4n) is 4.08. The van der Waals surface area contributed by atoms with E-state index in [1.54, 1.807) is 30.3 Å². The van der Waals surface area contributed by atoms with Crippen molar-refractivity contribution in [3.05, 3.63) is 149 Å². The molecule has 0 bridgehead atoms. The first-order valence-electron chi connectivity index (χ1n) is 12.6. The third kappa shape index (κ3) is 6.54. The van der Waals surface area contributed by atoms with Crippen LogP contribution in [0.25, 0.3) is 11.3 Å². The van der Waals surface area contributed by atoms with E-state index in [0.717, 1.165) is 34.3 Å². The molecule has 0 saturated heterocycles. The van der Waals surface area contributed by atoms with Crippen molar-refractivity contribution in [3.8, 4) is 11.3 Å². The highest BCUT2D eigenvalue weighted by Crippen LogP contribution is 2.24. The molecule has 6 N–H and O–H groups in total. The molecule has 1 unspecified atom stereocenters. The van der Waals surface area contributed by atoms with Gasteiger partial charge >= 0.3 is 0 Å². The minimum absolute atomic E-state index is 0.0204. The zero-order valence-corrected chi connectivity index (χ0v) is 23.1. The minimum atomic E-state index is 0.0204. The summed E-state index contributed by atoms with van der Waals surface area (Å²) in [5.41, 5.74) is 5.58. The Morgan fingerprint density at radius 3 is 2.00 bits per heavy atom. The number of aromatic nitrogens is 1. The van der Waals surface area contributed by atoms with Gasteiger partial charge in [0.2, 0.25) is 0 Å². The van der Waals surface area contributed by atoms with Crippen molar-refractivity contribution in [2.24, 2.45) is 0 Å². The number of rotatable bonds is 6. The van der Waals surface area contributed by atoms with Crippen LogP contribution in [0.2, 0.25) is 0 Å². The number of benzene rings is 3. The standard InChI is InChI=1S/C32H26N6S2/c33-29(39-31(35)27-15-7-13-25(37-27)21-9-3-1-4-10-21)23-17-19-24(20-18-23)30(34)40-32(36)28-16-8-14-26(38-28)22-11-5-2-6-12-22/h1-20,25,33-37H/p+1. The topological polar surface area (TPSA) is 122 Å². The lowest BCUT2D eigenvalue weighted by atomic mass is 10.0. The molecule has 5 rings (SSSR count). The second-order valence-corrected chi connectivity index (χ2v) is 11.0. The van der Waals surface area contributed by atoms with Crippen molar-refractivity contribution >= 4 is 43.7 Å². The molecule has 0 aliphatic carbocycles. The second kappa shape index (κ2) is 12.5. The van der Waals surface area contributed by atoms with Crippen LogP contribution in [0.15, 0.2) is 127 Å². The van der Waals surface area contributed by atoms with Crippen LogP contribution in [0.4, 0.5) is 0 Å². The minimum Gasteiger partial charge on any atom is -0.369 e. The molecule has 0 amide bonds. The van der Waals surface area contributed by atoms with Gasteiger partial charge in [-0.3, -0.25) is 16.2 Å². The predicted molar refractivity (Wildman–Crippen MR) is 168 cm³/mol. The van der Waals surface area contributed by atoms with Gasteiger partial charge in [0.05, 0.1) is 17.4 Å². The van der Waals surface area contributed by atoms with Crippen LogP contribution in [0.5, 0.6) is 0 Å². The van der Waals surface area contributed by atoms with E-state index in [1.807, 2.05) is 72.8 Å². The third-order valence-electron chi connectivity index (χ3n) is 6.18. The van der Waals surface area contributed by atoms with Crippen LogP contribution in [-0.4, -0.2) is 25.2 Å². The number of dihydropyridines is 1. The number of pyridine rings is 1. The number of allylic oxidation sites excluding steroid dienone is 2. The zero-order valence-electron chi connectivity index (χ0n) is 21.5. The lowest BCUT2D eigenvalue weighted by Crippen LogP contribution is -2.43. The average Bonchev–Trinajstić information content (AvgIpc) is 3.02. The molecule has 196 valence electrons. The smallest absolute Gasteiger partial charge is 0.261 e. The van der Waals surface area contributed by atoms with Crippen LogP contribution < -0.4 is 10.7 Å². The van der Waals surface area contributed by atoms with Crippen LogP contribution >= 0.6 is 23.5 Å². The molecule has 0 saturated carbocycles. The molecular formula is C32H27N6S2+. The maximum Gasteiger partial charge on any atom is 0.261 e. The van der Waals surface area contributed by atoms with Crippen molar-refractivity contribution in [1.82, 2.24) is 10.3 Å². The maximum atomic E-state index is 8.58.